The van der Waals surface area contributed by atoms with Crippen LogP contribution in [0.25, 0.3) is 0 Å². The van der Waals surface area contributed by atoms with Crippen molar-refractivity contribution < 1.29 is 42.9 Å². The highest BCUT2D eigenvalue weighted by atomic mass is 16.6. The number of hydrogen-bond acceptors (Lipinski definition) is 9. The van der Waals surface area contributed by atoms with Crippen molar-refractivity contribution in [3.8, 4) is 0 Å². The van der Waals surface area contributed by atoms with Gasteiger partial charge in [0.05, 0.1) is 25.4 Å². The molecule has 1 saturated heterocycles. The molecular weight excluding hydrogens is 456 g/mol. The number of carbonyl (C=O) groups is 4. The van der Waals surface area contributed by atoms with Gasteiger partial charge in [-0.15, -0.1) is 0 Å². The van der Waals surface area contributed by atoms with Crippen molar-refractivity contribution in [2.24, 2.45) is 5.92 Å². The van der Waals surface area contributed by atoms with Crippen molar-refractivity contribution in [2.75, 3.05) is 14.2 Å². The third kappa shape index (κ3) is 8.06. The fourth-order valence-electron chi connectivity index (χ4n) is 4.15. The van der Waals surface area contributed by atoms with E-state index in [-0.39, 0.29) is 36.9 Å². The molecule has 1 heterocycles. The van der Waals surface area contributed by atoms with Gasteiger partial charge in [-0.25, -0.2) is 9.59 Å². The van der Waals surface area contributed by atoms with E-state index in [0.717, 1.165) is 5.57 Å². The average Bonchev–Trinajstić information content (AvgIpc) is 3.40. The second kappa shape index (κ2) is 12.2. The molecule has 2 aliphatic rings. The SMILES string of the molecule is COC(=O)C1=CC(OC(C)=O)CC2(C)OC2C=C(C(C)C)CC(OC(C)=O)C(C(=O)OC)=CCC1. The van der Waals surface area contributed by atoms with Gasteiger partial charge >= 0.3 is 23.9 Å². The summed E-state index contributed by atoms with van der Waals surface area (Å²) in [7, 11) is 2.52. The molecule has 0 saturated carbocycles. The largest absolute Gasteiger partial charge is 0.466 e. The molecule has 194 valence electrons. The molecule has 1 aliphatic carbocycles. The van der Waals surface area contributed by atoms with E-state index in [1.807, 2.05) is 26.8 Å². The Hall–Kier alpha value is -2.94. The number of hydrogen-bond donors (Lipinski definition) is 0. The minimum absolute atomic E-state index is 0.0865. The monoisotopic (exact) mass is 492 g/mol. The lowest BCUT2D eigenvalue weighted by atomic mass is 9.89. The molecular formula is C26H36O9. The van der Waals surface area contributed by atoms with Crippen LogP contribution < -0.4 is 0 Å². The van der Waals surface area contributed by atoms with Crippen LogP contribution in [0, 0.1) is 5.92 Å². The molecule has 0 N–H and O–H groups in total. The maximum atomic E-state index is 12.7. The number of fused-ring (bicyclic) bond motifs is 1. The summed E-state index contributed by atoms with van der Waals surface area (Å²) < 4.78 is 26.9. The van der Waals surface area contributed by atoms with Crippen LogP contribution in [0.4, 0.5) is 0 Å². The lowest BCUT2D eigenvalue weighted by molar-refractivity contribution is -0.147. The highest BCUT2D eigenvalue weighted by molar-refractivity contribution is 5.90. The average molecular weight is 493 g/mol. The molecule has 4 unspecified atom stereocenters. The van der Waals surface area contributed by atoms with Crippen LogP contribution in [0.3, 0.4) is 0 Å². The van der Waals surface area contributed by atoms with Gasteiger partial charge in [-0.1, -0.05) is 31.6 Å². The van der Waals surface area contributed by atoms with Gasteiger partial charge < -0.3 is 23.7 Å². The van der Waals surface area contributed by atoms with Gasteiger partial charge in [-0.2, -0.15) is 0 Å². The van der Waals surface area contributed by atoms with Crippen LogP contribution >= 0.6 is 0 Å². The molecule has 9 nitrogen and oxygen atoms in total. The first-order chi connectivity index (χ1) is 16.4. The van der Waals surface area contributed by atoms with Crippen LogP contribution in [0.15, 0.2) is 34.9 Å². The Morgan fingerprint density at radius 3 is 2.17 bits per heavy atom. The summed E-state index contributed by atoms with van der Waals surface area (Å²) in [4.78, 5) is 48.8. The zero-order valence-corrected chi connectivity index (χ0v) is 21.5. The molecule has 0 spiro atoms. The topological polar surface area (TPSA) is 118 Å². The lowest BCUT2D eigenvalue weighted by Gasteiger charge is -2.23. The van der Waals surface area contributed by atoms with Crippen molar-refractivity contribution >= 4 is 23.9 Å². The predicted molar refractivity (Wildman–Crippen MR) is 126 cm³/mol. The Labute approximate surface area is 206 Å². The number of methoxy groups -OCH3 is 2. The number of allylic oxidation sites excluding steroid dienone is 1. The van der Waals surface area contributed by atoms with Crippen molar-refractivity contribution in [2.45, 2.75) is 84.2 Å². The van der Waals surface area contributed by atoms with Gasteiger partial charge in [0.2, 0.25) is 0 Å². The van der Waals surface area contributed by atoms with Gasteiger partial charge in [0.1, 0.15) is 18.3 Å². The van der Waals surface area contributed by atoms with Gasteiger partial charge in [0.15, 0.2) is 0 Å². The van der Waals surface area contributed by atoms with E-state index in [0.29, 0.717) is 12.0 Å². The molecule has 9 heteroatoms. The number of epoxide rings is 1. The second-order valence-electron chi connectivity index (χ2n) is 9.27. The van der Waals surface area contributed by atoms with E-state index in [1.54, 1.807) is 12.2 Å². The summed E-state index contributed by atoms with van der Waals surface area (Å²) in [6.07, 6.45) is 4.39. The maximum absolute atomic E-state index is 12.7. The Morgan fingerprint density at radius 2 is 1.63 bits per heavy atom. The molecule has 0 radical (unpaired) electrons. The molecule has 1 aliphatic heterocycles. The summed E-state index contributed by atoms with van der Waals surface area (Å²) in [6, 6.07) is 0. The molecule has 35 heavy (non-hydrogen) atoms. The summed E-state index contributed by atoms with van der Waals surface area (Å²) in [5.74, 6) is -2.11. The second-order valence-corrected chi connectivity index (χ2v) is 9.27. The van der Waals surface area contributed by atoms with E-state index in [2.05, 4.69) is 0 Å². The molecule has 0 aromatic carbocycles. The molecule has 2 rings (SSSR count). The van der Waals surface area contributed by atoms with Crippen molar-refractivity contribution in [1.82, 2.24) is 0 Å². The van der Waals surface area contributed by atoms with Crippen LogP contribution in [-0.2, 0) is 42.9 Å². The van der Waals surface area contributed by atoms with E-state index >= 15 is 0 Å². The molecule has 0 amide bonds. The zero-order chi connectivity index (χ0) is 26.3. The Morgan fingerprint density at radius 1 is 1.00 bits per heavy atom. The number of esters is 4. The normalized spacial score (nSPS) is 27.2. The lowest BCUT2D eigenvalue weighted by Crippen LogP contribution is -2.27. The van der Waals surface area contributed by atoms with E-state index in [9.17, 15) is 19.2 Å². The van der Waals surface area contributed by atoms with Crippen LogP contribution in [0.1, 0.15) is 60.3 Å². The van der Waals surface area contributed by atoms with E-state index < -0.39 is 41.7 Å². The maximum Gasteiger partial charge on any atom is 0.337 e. The predicted octanol–water partition coefficient (Wildman–Crippen LogP) is 3.36. The number of carbonyl (C=O) groups excluding carboxylic acids is 4. The zero-order valence-electron chi connectivity index (χ0n) is 21.5. The van der Waals surface area contributed by atoms with Crippen LogP contribution in [0.2, 0.25) is 0 Å². The van der Waals surface area contributed by atoms with Gasteiger partial charge in [-0.05, 0) is 31.8 Å². The van der Waals surface area contributed by atoms with Gasteiger partial charge in [-0.3, -0.25) is 9.59 Å². The van der Waals surface area contributed by atoms with Crippen LogP contribution in [-0.4, -0.2) is 62.0 Å². The summed E-state index contributed by atoms with van der Waals surface area (Å²) in [5.41, 5.74) is 0.804. The fraction of sp³-hybridized carbons (Fsp3) is 0.615. The highest BCUT2D eigenvalue weighted by Gasteiger charge is 2.52. The molecule has 0 aromatic heterocycles. The third-order valence-corrected chi connectivity index (χ3v) is 6.08. The van der Waals surface area contributed by atoms with Crippen LogP contribution in [0.5, 0.6) is 0 Å². The standard InChI is InChI=1S/C26H36O9/c1-15(2)19-12-22(34-17(4)28)21(25(30)32-7)10-8-9-18(24(29)31-6)11-20(33-16(3)27)14-26(5)23(13-19)35-26/h10-11,13,15,20,22-23H,8-9,12,14H2,1-7H3. The Balaban J connectivity index is 2.60. The van der Waals surface area contributed by atoms with Crippen molar-refractivity contribution in [3.05, 3.63) is 34.9 Å². The first kappa shape index (κ1) is 28.3. The van der Waals surface area contributed by atoms with E-state index in [4.69, 9.17) is 23.7 Å². The molecule has 0 bridgehead atoms. The smallest absolute Gasteiger partial charge is 0.337 e. The minimum atomic E-state index is -0.860. The molecule has 4 atom stereocenters. The minimum Gasteiger partial charge on any atom is -0.466 e. The van der Waals surface area contributed by atoms with Crippen molar-refractivity contribution in [3.63, 3.8) is 0 Å². The molecule has 0 aromatic rings. The third-order valence-electron chi connectivity index (χ3n) is 6.08. The summed E-state index contributed by atoms with van der Waals surface area (Å²) >= 11 is 0. The molecule has 1 fully saturated rings. The fourth-order valence-corrected chi connectivity index (χ4v) is 4.15. The van der Waals surface area contributed by atoms with Gasteiger partial charge in [0.25, 0.3) is 0 Å². The van der Waals surface area contributed by atoms with Gasteiger partial charge in [0, 0.05) is 32.3 Å². The number of rotatable bonds is 5. The Kier molecular flexibility index (Phi) is 9.82. The van der Waals surface area contributed by atoms with Crippen molar-refractivity contribution in [1.29, 1.82) is 0 Å². The first-order valence-electron chi connectivity index (χ1n) is 11.7. The Bertz CT molecular complexity index is 927. The van der Waals surface area contributed by atoms with E-state index in [1.165, 1.54) is 28.1 Å². The summed E-state index contributed by atoms with van der Waals surface area (Å²) in [5, 5.41) is 0. The first-order valence-corrected chi connectivity index (χ1v) is 11.7. The quantitative estimate of drug-likeness (QED) is 0.246. The summed E-state index contributed by atoms with van der Waals surface area (Å²) in [6.45, 7) is 8.51. The highest BCUT2D eigenvalue weighted by Crippen LogP contribution is 2.44. The number of ether oxygens (including phenoxy) is 5.